The van der Waals surface area contributed by atoms with Crippen molar-refractivity contribution in [3.63, 3.8) is 0 Å². The predicted molar refractivity (Wildman–Crippen MR) is 101 cm³/mol. The molecule has 0 saturated carbocycles. The number of pyridine rings is 1. The van der Waals surface area contributed by atoms with Crippen molar-refractivity contribution in [1.82, 2.24) is 20.1 Å². The number of nitrogens with zero attached hydrogens (tertiary/aromatic N) is 3. The van der Waals surface area contributed by atoms with Crippen LogP contribution in [0.2, 0.25) is 0 Å². The lowest BCUT2D eigenvalue weighted by Crippen LogP contribution is -2.23. The first kappa shape index (κ1) is 17.5. The van der Waals surface area contributed by atoms with Gasteiger partial charge >= 0.3 is 0 Å². The van der Waals surface area contributed by atoms with Gasteiger partial charge in [0.15, 0.2) is 0 Å². The van der Waals surface area contributed by atoms with Crippen LogP contribution in [0.1, 0.15) is 17.3 Å². The normalized spacial score (nSPS) is 10.4. The number of anilines is 2. The molecule has 0 spiro atoms. The van der Waals surface area contributed by atoms with Gasteiger partial charge in [-0.3, -0.25) is 14.5 Å². The Hall–Kier alpha value is -3.35. The topological polar surface area (TPSA) is 81.1 Å². The third kappa shape index (κ3) is 3.51. The minimum absolute atomic E-state index is 0.175. The Bertz CT molecular complexity index is 920. The van der Waals surface area contributed by atoms with E-state index < -0.39 is 0 Å². The summed E-state index contributed by atoms with van der Waals surface area (Å²) in [6.45, 7) is 2.43. The molecule has 0 aliphatic rings. The molecule has 2 aromatic heterocycles. The third-order valence-corrected chi connectivity index (χ3v) is 3.91. The monoisotopic (exact) mass is 351 g/mol. The third-order valence-electron chi connectivity index (χ3n) is 3.91. The number of amides is 1. The van der Waals surface area contributed by atoms with E-state index in [9.17, 15) is 4.79 Å². The van der Waals surface area contributed by atoms with Crippen LogP contribution >= 0.6 is 0 Å². The first-order valence-corrected chi connectivity index (χ1v) is 8.29. The van der Waals surface area contributed by atoms with E-state index in [2.05, 4.69) is 20.7 Å². The fourth-order valence-corrected chi connectivity index (χ4v) is 2.73. The molecule has 0 radical (unpaired) electrons. The summed E-state index contributed by atoms with van der Waals surface area (Å²) in [6, 6.07) is 7.57. The van der Waals surface area contributed by atoms with Gasteiger partial charge in [-0.05, 0) is 19.1 Å². The number of carbonyl (C=O) groups is 1. The van der Waals surface area contributed by atoms with Crippen molar-refractivity contribution in [3.05, 3.63) is 54.6 Å². The zero-order valence-electron chi connectivity index (χ0n) is 15.0. The van der Waals surface area contributed by atoms with Crippen LogP contribution in [0.4, 0.5) is 11.4 Å². The van der Waals surface area contributed by atoms with Gasteiger partial charge in [-0.15, -0.1) is 0 Å². The van der Waals surface area contributed by atoms with Crippen molar-refractivity contribution >= 4 is 17.3 Å². The molecule has 0 saturated heterocycles. The van der Waals surface area contributed by atoms with Crippen LogP contribution < -0.4 is 15.4 Å². The molecular weight excluding hydrogens is 330 g/mol. The molecule has 2 heterocycles. The minimum atomic E-state index is -0.175. The summed E-state index contributed by atoms with van der Waals surface area (Å²) < 4.78 is 7.39. The Kier molecular flexibility index (Phi) is 5.17. The maximum atomic E-state index is 12.3. The number of nitrogens with one attached hydrogen (secondary N) is 2. The largest absolute Gasteiger partial charge is 0.494 e. The zero-order chi connectivity index (χ0) is 18.5. The Morgan fingerprint density at radius 1 is 1.23 bits per heavy atom. The Balaban J connectivity index is 2.00. The molecule has 0 aliphatic heterocycles. The predicted octanol–water partition coefficient (Wildman–Crippen LogP) is 2.98. The molecule has 7 nitrogen and oxygen atoms in total. The highest BCUT2D eigenvalue weighted by molar-refractivity contribution is 6.00. The molecular formula is C19H21N5O2. The van der Waals surface area contributed by atoms with E-state index >= 15 is 0 Å². The summed E-state index contributed by atoms with van der Waals surface area (Å²) in [5.74, 6) is 0.504. The van der Waals surface area contributed by atoms with Crippen molar-refractivity contribution in [2.75, 3.05) is 19.0 Å². The SMILES string of the molecule is CCNC(=O)c1cnccc1Nc1cccc(-c2cnn(C)c2)c1OC. The molecule has 3 rings (SSSR count). The standard InChI is InChI=1S/C19H21N5O2/c1-4-21-19(25)15-11-20-9-8-16(15)23-17-7-5-6-14(18(17)26-3)13-10-22-24(2)12-13/h5-12H,4H2,1-3H3,(H,20,23)(H,21,25). The maximum Gasteiger partial charge on any atom is 0.254 e. The highest BCUT2D eigenvalue weighted by Crippen LogP contribution is 2.38. The summed E-state index contributed by atoms with van der Waals surface area (Å²) in [5, 5.41) is 10.3. The van der Waals surface area contributed by atoms with Crippen LogP contribution in [-0.2, 0) is 7.05 Å². The molecule has 26 heavy (non-hydrogen) atoms. The number of benzene rings is 1. The summed E-state index contributed by atoms with van der Waals surface area (Å²) in [6.07, 6.45) is 6.90. The average molecular weight is 351 g/mol. The smallest absolute Gasteiger partial charge is 0.254 e. The summed E-state index contributed by atoms with van der Waals surface area (Å²) in [5.41, 5.74) is 3.76. The van der Waals surface area contributed by atoms with E-state index in [1.54, 1.807) is 36.4 Å². The molecule has 1 aromatic carbocycles. The van der Waals surface area contributed by atoms with Gasteiger partial charge in [0.05, 0.1) is 30.2 Å². The van der Waals surface area contributed by atoms with Crippen LogP contribution in [0.25, 0.3) is 11.1 Å². The molecule has 0 fully saturated rings. The Labute approximate surface area is 152 Å². The second kappa shape index (κ2) is 7.69. The first-order chi connectivity index (χ1) is 12.6. The average Bonchev–Trinajstić information content (AvgIpc) is 3.08. The number of methoxy groups -OCH3 is 1. The van der Waals surface area contributed by atoms with Gasteiger partial charge in [-0.25, -0.2) is 0 Å². The lowest BCUT2D eigenvalue weighted by Gasteiger charge is -2.16. The number of para-hydroxylation sites is 1. The van der Waals surface area contributed by atoms with E-state index in [0.717, 1.165) is 16.8 Å². The minimum Gasteiger partial charge on any atom is -0.494 e. The van der Waals surface area contributed by atoms with Gasteiger partial charge in [-0.2, -0.15) is 5.10 Å². The summed E-state index contributed by atoms with van der Waals surface area (Å²) in [7, 11) is 3.49. The van der Waals surface area contributed by atoms with Crippen LogP contribution in [0, 0.1) is 0 Å². The van der Waals surface area contributed by atoms with Crippen molar-refractivity contribution in [2.24, 2.45) is 7.05 Å². The van der Waals surface area contributed by atoms with Crippen molar-refractivity contribution < 1.29 is 9.53 Å². The van der Waals surface area contributed by atoms with Crippen molar-refractivity contribution in [2.45, 2.75) is 6.92 Å². The summed E-state index contributed by atoms with van der Waals surface area (Å²) in [4.78, 5) is 16.3. The van der Waals surface area contributed by atoms with Gasteiger partial charge in [-0.1, -0.05) is 12.1 Å². The van der Waals surface area contributed by atoms with E-state index in [4.69, 9.17) is 4.74 Å². The van der Waals surface area contributed by atoms with Gasteiger partial charge in [0.25, 0.3) is 5.91 Å². The fourth-order valence-electron chi connectivity index (χ4n) is 2.73. The maximum absolute atomic E-state index is 12.3. The Morgan fingerprint density at radius 3 is 2.77 bits per heavy atom. The molecule has 0 aliphatic carbocycles. The number of rotatable bonds is 6. The lowest BCUT2D eigenvalue weighted by molar-refractivity contribution is 0.0956. The molecule has 0 bridgehead atoms. The van der Waals surface area contributed by atoms with Gasteiger partial charge < -0.3 is 15.4 Å². The molecule has 0 unspecified atom stereocenters. The lowest BCUT2D eigenvalue weighted by atomic mass is 10.1. The fraction of sp³-hybridized carbons (Fsp3) is 0.211. The van der Waals surface area contributed by atoms with Crippen molar-refractivity contribution in [1.29, 1.82) is 0 Å². The van der Waals surface area contributed by atoms with Gasteiger partial charge in [0, 0.05) is 43.3 Å². The molecule has 3 aromatic rings. The van der Waals surface area contributed by atoms with E-state index in [-0.39, 0.29) is 5.91 Å². The molecule has 0 atom stereocenters. The second-order valence-electron chi connectivity index (χ2n) is 5.69. The van der Waals surface area contributed by atoms with Gasteiger partial charge in [0.2, 0.25) is 0 Å². The molecule has 2 N–H and O–H groups in total. The number of carbonyl (C=O) groups excluding carboxylic acids is 1. The first-order valence-electron chi connectivity index (χ1n) is 8.29. The van der Waals surface area contributed by atoms with Crippen LogP contribution in [0.15, 0.2) is 49.1 Å². The molecule has 7 heteroatoms. The number of hydrogen-bond donors (Lipinski definition) is 2. The number of aryl methyl sites for hydroxylation is 1. The van der Waals surface area contributed by atoms with E-state index in [1.165, 1.54) is 0 Å². The van der Waals surface area contributed by atoms with Crippen molar-refractivity contribution in [3.8, 4) is 16.9 Å². The van der Waals surface area contributed by atoms with Crippen LogP contribution in [0.3, 0.4) is 0 Å². The molecule has 1 amide bonds. The van der Waals surface area contributed by atoms with E-state index in [1.807, 2.05) is 38.4 Å². The number of hydrogen-bond acceptors (Lipinski definition) is 5. The molecule has 134 valence electrons. The van der Waals surface area contributed by atoms with Crippen LogP contribution in [0.5, 0.6) is 5.75 Å². The number of aromatic nitrogens is 3. The van der Waals surface area contributed by atoms with Gasteiger partial charge in [0.1, 0.15) is 5.75 Å². The number of ether oxygens (including phenoxy) is 1. The summed E-state index contributed by atoms with van der Waals surface area (Å²) >= 11 is 0. The zero-order valence-corrected chi connectivity index (χ0v) is 15.0. The van der Waals surface area contributed by atoms with E-state index in [0.29, 0.717) is 23.5 Å². The Morgan fingerprint density at radius 2 is 2.08 bits per heavy atom. The van der Waals surface area contributed by atoms with Crippen LogP contribution in [-0.4, -0.2) is 34.3 Å². The quantitative estimate of drug-likeness (QED) is 0.713. The second-order valence-corrected chi connectivity index (χ2v) is 5.69. The highest BCUT2D eigenvalue weighted by Gasteiger charge is 2.15. The highest BCUT2D eigenvalue weighted by atomic mass is 16.5.